The summed E-state index contributed by atoms with van der Waals surface area (Å²) in [5.74, 6) is 1.69. The van der Waals surface area contributed by atoms with Gasteiger partial charge < -0.3 is 4.74 Å². The highest BCUT2D eigenvalue weighted by Gasteiger charge is 2.31. The molecule has 3 rings (SSSR count). The van der Waals surface area contributed by atoms with E-state index < -0.39 is 0 Å². The van der Waals surface area contributed by atoms with Gasteiger partial charge in [-0.25, -0.2) is 0 Å². The number of para-hydroxylation sites is 1. The van der Waals surface area contributed by atoms with E-state index in [4.69, 9.17) is 4.74 Å². The Morgan fingerprint density at radius 2 is 2.05 bits per heavy atom. The van der Waals surface area contributed by atoms with Gasteiger partial charge in [-0.2, -0.15) is 0 Å². The summed E-state index contributed by atoms with van der Waals surface area (Å²) >= 11 is 0. The molecule has 1 aliphatic heterocycles. The predicted octanol–water partition coefficient (Wildman–Crippen LogP) is 3.87. The van der Waals surface area contributed by atoms with Gasteiger partial charge in [0.1, 0.15) is 5.75 Å². The quantitative estimate of drug-likeness (QED) is 0.803. The number of ether oxygens (including phenoxy) is 1. The van der Waals surface area contributed by atoms with Gasteiger partial charge in [0.05, 0.1) is 6.61 Å². The van der Waals surface area contributed by atoms with Crippen LogP contribution in [0.2, 0.25) is 0 Å². The summed E-state index contributed by atoms with van der Waals surface area (Å²) in [5, 5.41) is 0. The Morgan fingerprint density at radius 1 is 1.26 bits per heavy atom. The second-order valence-electron chi connectivity index (χ2n) is 6.54. The number of hydrogen-bond donors (Lipinski definition) is 0. The van der Waals surface area contributed by atoms with E-state index >= 15 is 0 Å². The molecule has 2 heteroatoms. The molecule has 0 aromatic heterocycles. The second-order valence-corrected chi connectivity index (χ2v) is 6.54. The van der Waals surface area contributed by atoms with Gasteiger partial charge in [0.15, 0.2) is 5.78 Å². The van der Waals surface area contributed by atoms with Gasteiger partial charge >= 0.3 is 0 Å². The van der Waals surface area contributed by atoms with Crippen LogP contribution in [0, 0.1) is 5.41 Å². The number of carbonyl (C=O) groups is 1. The van der Waals surface area contributed by atoms with Crippen LogP contribution in [0.15, 0.2) is 35.9 Å². The van der Waals surface area contributed by atoms with Crippen LogP contribution in [0.25, 0.3) is 0 Å². The molecule has 0 saturated heterocycles. The van der Waals surface area contributed by atoms with Crippen LogP contribution in [0.4, 0.5) is 0 Å². The fourth-order valence-electron chi connectivity index (χ4n) is 3.32. The van der Waals surface area contributed by atoms with Crippen LogP contribution in [-0.2, 0) is 4.79 Å². The minimum absolute atomic E-state index is 0.111. The predicted molar refractivity (Wildman–Crippen MR) is 75.4 cm³/mol. The van der Waals surface area contributed by atoms with Gasteiger partial charge in [-0.1, -0.05) is 37.6 Å². The monoisotopic (exact) mass is 256 g/mol. The summed E-state index contributed by atoms with van der Waals surface area (Å²) in [7, 11) is 0. The molecule has 0 fully saturated rings. The summed E-state index contributed by atoms with van der Waals surface area (Å²) in [6, 6.07) is 8.24. The lowest BCUT2D eigenvalue weighted by molar-refractivity contribution is -0.117. The highest BCUT2D eigenvalue weighted by atomic mass is 16.5. The molecule has 0 spiro atoms. The zero-order chi connectivity index (χ0) is 13.5. The van der Waals surface area contributed by atoms with Crippen molar-refractivity contribution in [3.63, 3.8) is 0 Å². The normalized spacial score (nSPS) is 24.6. The van der Waals surface area contributed by atoms with E-state index in [0.29, 0.717) is 12.3 Å². The van der Waals surface area contributed by atoms with E-state index in [2.05, 4.69) is 26.0 Å². The molecule has 0 N–H and O–H groups in total. The molecule has 0 saturated carbocycles. The van der Waals surface area contributed by atoms with E-state index in [1.807, 2.05) is 18.2 Å². The molecule has 1 heterocycles. The molecule has 1 aliphatic carbocycles. The Morgan fingerprint density at radius 3 is 2.84 bits per heavy atom. The standard InChI is InChI=1S/C17H20O2/c1-17(2)9-12(8-14(18)10-17)7-13-11-19-16-6-4-3-5-15(13)16/h3-6,8,13H,7,9-11H2,1-2H3. The Balaban J connectivity index is 1.78. The third-order valence-electron chi connectivity index (χ3n) is 4.03. The zero-order valence-electron chi connectivity index (χ0n) is 11.6. The molecule has 2 aliphatic rings. The van der Waals surface area contributed by atoms with Crippen molar-refractivity contribution < 1.29 is 9.53 Å². The van der Waals surface area contributed by atoms with Gasteiger partial charge in [0, 0.05) is 17.9 Å². The maximum atomic E-state index is 11.8. The molecule has 100 valence electrons. The van der Waals surface area contributed by atoms with Crippen LogP contribution in [0.1, 0.15) is 44.6 Å². The number of allylic oxidation sites excluding steroid dienone is 2. The smallest absolute Gasteiger partial charge is 0.156 e. The molecule has 19 heavy (non-hydrogen) atoms. The highest BCUT2D eigenvalue weighted by molar-refractivity contribution is 5.91. The van der Waals surface area contributed by atoms with Gasteiger partial charge in [0.25, 0.3) is 0 Å². The summed E-state index contributed by atoms with van der Waals surface area (Å²) in [6.07, 6.45) is 4.52. The van der Waals surface area contributed by atoms with E-state index in [1.165, 1.54) is 11.1 Å². The van der Waals surface area contributed by atoms with Crippen molar-refractivity contribution in [2.45, 2.75) is 39.0 Å². The summed E-state index contributed by atoms with van der Waals surface area (Å²) in [4.78, 5) is 11.8. The van der Waals surface area contributed by atoms with Crippen molar-refractivity contribution in [2.24, 2.45) is 5.41 Å². The first-order valence-electron chi connectivity index (χ1n) is 6.97. The second kappa shape index (κ2) is 4.52. The average molecular weight is 256 g/mol. The fraction of sp³-hybridized carbons (Fsp3) is 0.471. The number of carbonyl (C=O) groups excluding carboxylic acids is 1. The molecule has 1 aromatic rings. The lowest BCUT2D eigenvalue weighted by Crippen LogP contribution is -2.22. The van der Waals surface area contributed by atoms with Crippen molar-refractivity contribution in [3.8, 4) is 5.75 Å². The third-order valence-corrected chi connectivity index (χ3v) is 4.03. The highest BCUT2D eigenvalue weighted by Crippen LogP contribution is 2.41. The maximum absolute atomic E-state index is 11.8. The Hall–Kier alpha value is -1.57. The van der Waals surface area contributed by atoms with Gasteiger partial charge in [0.2, 0.25) is 0 Å². The minimum Gasteiger partial charge on any atom is -0.493 e. The molecular formula is C17H20O2. The summed E-state index contributed by atoms with van der Waals surface area (Å²) < 4.78 is 5.72. The summed E-state index contributed by atoms with van der Waals surface area (Å²) in [5.41, 5.74) is 2.69. The van der Waals surface area contributed by atoms with Crippen molar-refractivity contribution in [1.29, 1.82) is 0 Å². The van der Waals surface area contributed by atoms with Crippen molar-refractivity contribution in [2.75, 3.05) is 6.61 Å². The van der Waals surface area contributed by atoms with Crippen LogP contribution < -0.4 is 4.74 Å². The first kappa shape index (κ1) is 12.5. The van der Waals surface area contributed by atoms with E-state index in [-0.39, 0.29) is 11.2 Å². The van der Waals surface area contributed by atoms with Gasteiger partial charge in [-0.15, -0.1) is 0 Å². The van der Waals surface area contributed by atoms with Crippen LogP contribution in [0.5, 0.6) is 5.75 Å². The molecular weight excluding hydrogens is 236 g/mol. The largest absolute Gasteiger partial charge is 0.493 e. The first-order valence-corrected chi connectivity index (χ1v) is 6.97. The Bertz CT molecular complexity index is 540. The van der Waals surface area contributed by atoms with E-state index in [1.54, 1.807) is 0 Å². The van der Waals surface area contributed by atoms with E-state index in [0.717, 1.165) is 25.2 Å². The molecule has 1 unspecified atom stereocenters. The fourth-order valence-corrected chi connectivity index (χ4v) is 3.32. The van der Waals surface area contributed by atoms with Crippen molar-refractivity contribution in [3.05, 3.63) is 41.5 Å². The summed E-state index contributed by atoms with van der Waals surface area (Å²) in [6.45, 7) is 5.10. The molecule has 2 nitrogen and oxygen atoms in total. The lowest BCUT2D eigenvalue weighted by atomic mass is 9.74. The van der Waals surface area contributed by atoms with Crippen LogP contribution in [0.3, 0.4) is 0 Å². The average Bonchev–Trinajstić information content (AvgIpc) is 2.70. The molecule has 1 atom stereocenters. The van der Waals surface area contributed by atoms with E-state index in [9.17, 15) is 4.79 Å². The SMILES string of the molecule is CC1(C)CC(=O)C=C(CC2COc3ccccc32)C1. The van der Waals surface area contributed by atoms with Crippen LogP contribution in [-0.4, -0.2) is 12.4 Å². The first-order chi connectivity index (χ1) is 9.03. The van der Waals surface area contributed by atoms with Gasteiger partial charge in [-0.3, -0.25) is 4.79 Å². The molecule has 0 amide bonds. The maximum Gasteiger partial charge on any atom is 0.156 e. The van der Waals surface area contributed by atoms with Crippen molar-refractivity contribution in [1.82, 2.24) is 0 Å². The molecule has 0 radical (unpaired) electrons. The third kappa shape index (κ3) is 2.58. The Kier molecular flexibility index (Phi) is 2.96. The number of rotatable bonds is 2. The Labute approximate surface area is 114 Å². The number of fused-ring (bicyclic) bond motifs is 1. The molecule has 0 bridgehead atoms. The minimum atomic E-state index is 0.111. The van der Waals surface area contributed by atoms with Crippen LogP contribution >= 0.6 is 0 Å². The zero-order valence-corrected chi connectivity index (χ0v) is 11.6. The topological polar surface area (TPSA) is 26.3 Å². The number of benzene rings is 1. The lowest BCUT2D eigenvalue weighted by Gasteiger charge is -2.29. The molecule has 1 aromatic carbocycles. The number of ketones is 1. The van der Waals surface area contributed by atoms with Gasteiger partial charge in [-0.05, 0) is 30.4 Å². The van der Waals surface area contributed by atoms with Crippen molar-refractivity contribution >= 4 is 5.78 Å². The number of hydrogen-bond acceptors (Lipinski definition) is 2.